The molecule has 114 valence electrons. The van der Waals surface area contributed by atoms with Crippen molar-refractivity contribution >= 4 is 17.8 Å². The third-order valence-corrected chi connectivity index (χ3v) is 3.17. The molecule has 1 atom stereocenters. The molecule has 4 amide bonds. The van der Waals surface area contributed by atoms with E-state index in [1.807, 2.05) is 6.92 Å². The van der Waals surface area contributed by atoms with E-state index in [4.69, 9.17) is 0 Å². The molecule has 2 heterocycles. The van der Waals surface area contributed by atoms with E-state index >= 15 is 0 Å². The lowest BCUT2D eigenvalue weighted by molar-refractivity contribution is -0.130. The van der Waals surface area contributed by atoms with Crippen LogP contribution in [0.15, 0.2) is 18.5 Å². The SMILES string of the molecule is CCCN1C(=O)N[C@H](CC(=O)NCCn2cccn2)C1=O. The van der Waals surface area contributed by atoms with Crippen molar-refractivity contribution < 1.29 is 14.4 Å². The Morgan fingerprint density at radius 2 is 2.24 bits per heavy atom. The second-order valence-electron chi connectivity index (χ2n) is 4.82. The summed E-state index contributed by atoms with van der Waals surface area (Å²) in [5.74, 6) is -0.594. The first-order valence-electron chi connectivity index (χ1n) is 6.97. The Kier molecular flexibility index (Phi) is 4.91. The number of hydrogen-bond acceptors (Lipinski definition) is 4. The number of imide groups is 1. The Morgan fingerprint density at radius 1 is 1.43 bits per heavy atom. The van der Waals surface area contributed by atoms with Gasteiger partial charge in [-0.2, -0.15) is 5.10 Å². The fourth-order valence-corrected chi connectivity index (χ4v) is 2.15. The van der Waals surface area contributed by atoms with Crippen molar-refractivity contribution in [1.82, 2.24) is 25.3 Å². The molecule has 2 N–H and O–H groups in total. The second-order valence-corrected chi connectivity index (χ2v) is 4.82. The van der Waals surface area contributed by atoms with Crippen LogP contribution in [0.2, 0.25) is 0 Å². The largest absolute Gasteiger partial charge is 0.354 e. The van der Waals surface area contributed by atoms with Crippen molar-refractivity contribution in [2.24, 2.45) is 0 Å². The van der Waals surface area contributed by atoms with Crippen LogP contribution < -0.4 is 10.6 Å². The van der Waals surface area contributed by atoms with Crippen LogP contribution in [0.1, 0.15) is 19.8 Å². The van der Waals surface area contributed by atoms with Crippen LogP contribution in [-0.2, 0) is 16.1 Å². The van der Waals surface area contributed by atoms with Gasteiger partial charge in [-0.1, -0.05) is 6.92 Å². The first kappa shape index (κ1) is 15.0. The van der Waals surface area contributed by atoms with E-state index in [0.29, 0.717) is 26.1 Å². The van der Waals surface area contributed by atoms with Gasteiger partial charge in [0, 0.05) is 25.5 Å². The minimum absolute atomic E-state index is 0.0378. The van der Waals surface area contributed by atoms with Crippen LogP contribution in [0.4, 0.5) is 4.79 Å². The van der Waals surface area contributed by atoms with Crippen LogP contribution in [0.3, 0.4) is 0 Å². The summed E-state index contributed by atoms with van der Waals surface area (Å²) in [7, 11) is 0. The van der Waals surface area contributed by atoms with Gasteiger partial charge in [-0.3, -0.25) is 19.2 Å². The third kappa shape index (κ3) is 3.80. The van der Waals surface area contributed by atoms with Crippen molar-refractivity contribution in [1.29, 1.82) is 0 Å². The van der Waals surface area contributed by atoms with Gasteiger partial charge >= 0.3 is 6.03 Å². The molecule has 0 radical (unpaired) electrons. The van der Waals surface area contributed by atoms with Gasteiger partial charge < -0.3 is 10.6 Å². The maximum Gasteiger partial charge on any atom is 0.324 e. The monoisotopic (exact) mass is 293 g/mol. The summed E-state index contributed by atoms with van der Waals surface area (Å²) in [5, 5.41) is 9.26. The normalized spacial score (nSPS) is 18.0. The molecular formula is C13H19N5O3. The highest BCUT2D eigenvalue weighted by atomic mass is 16.2. The zero-order chi connectivity index (χ0) is 15.2. The van der Waals surface area contributed by atoms with E-state index in [0.717, 1.165) is 4.90 Å². The Bertz CT molecular complexity index is 514. The van der Waals surface area contributed by atoms with Crippen LogP contribution in [0.25, 0.3) is 0 Å². The summed E-state index contributed by atoms with van der Waals surface area (Å²) in [6.07, 6.45) is 4.12. The van der Waals surface area contributed by atoms with Crippen LogP contribution in [0, 0.1) is 0 Å². The molecule has 1 aliphatic rings. The van der Waals surface area contributed by atoms with E-state index in [1.54, 1.807) is 23.1 Å². The first-order chi connectivity index (χ1) is 10.1. The van der Waals surface area contributed by atoms with Gasteiger partial charge in [0.2, 0.25) is 5.91 Å². The van der Waals surface area contributed by atoms with Gasteiger partial charge in [0.25, 0.3) is 5.91 Å². The molecule has 8 heteroatoms. The highest BCUT2D eigenvalue weighted by Gasteiger charge is 2.38. The lowest BCUT2D eigenvalue weighted by Gasteiger charge is -2.11. The summed E-state index contributed by atoms with van der Waals surface area (Å²) >= 11 is 0. The van der Waals surface area contributed by atoms with Crippen LogP contribution >= 0.6 is 0 Å². The number of carbonyl (C=O) groups excluding carboxylic acids is 3. The summed E-state index contributed by atoms with van der Waals surface area (Å²) in [6.45, 7) is 3.25. The Morgan fingerprint density at radius 3 is 2.90 bits per heavy atom. The fraction of sp³-hybridized carbons (Fsp3) is 0.538. The van der Waals surface area contributed by atoms with Crippen molar-refractivity contribution in [3.05, 3.63) is 18.5 Å². The van der Waals surface area contributed by atoms with Crippen molar-refractivity contribution in [3.63, 3.8) is 0 Å². The lowest BCUT2D eigenvalue weighted by atomic mass is 10.2. The molecule has 1 saturated heterocycles. The molecule has 21 heavy (non-hydrogen) atoms. The van der Waals surface area contributed by atoms with E-state index in [2.05, 4.69) is 15.7 Å². The molecule has 0 unspecified atom stereocenters. The van der Waals surface area contributed by atoms with Crippen molar-refractivity contribution in [2.45, 2.75) is 32.4 Å². The van der Waals surface area contributed by atoms with Gasteiger partial charge in [0.15, 0.2) is 0 Å². The van der Waals surface area contributed by atoms with E-state index in [-0.39, 0.29) is 18.2 Å². The topological polar surface area (TPSA) is 96.3 Å². The summed E-state index contributed by atoms with van der Waals surface area (Å²) in [4.78, 5) is 36.5. The van der Waals surface area contributed by atoms with Gasteiger partial charge in [-0.05, 0) is 12.5 Å². The molecule has 1 aromatic heterocycles. The minimum Gasteiger partial charge on any atom is -0.354 e. The number of nitrogens with one attached hydrogen (secondary N) is 2. The lowest BCUT2D eigenvalue weighted by Crippen LogP contribution is -2.37. The Hall–Kier alpha value is -2.38. The standard InChI is InChI=1S/C13H19N5O3/c1-2-6-18-12(20)10(16-13(18)21)9-11(19)14-5-8-17-7-3-4-15-17/h3-4,7,10H,2,5-6,8-9H2,1H3,(H,14,19)(H,16,21)/t10-/m1/s1. The molecule has 1 aromatic rings. The number of rotatable bonds is 7. The van der Waals surface area contributed by atoms with E-state index in [9.17, 15) is 14.4 Å². The predicted octanol–water partition coefficient (Wildman–Crippen LogP) is -0.280. The number of aromatic nitrogens is 2. The smallest absolute Gasteiger partial charge is 0.324 e. The maximum absolute atomic E-state index is 12.0. The van der Waals surface area contributed by atoms with Crippen molar-refractivity contribution in [3.8, 4) is 0 Å². The molecule has 2 rings (SSSR count). The number of amides is 4. The zero-order valence-electron chi connectivity index (χ0n) is 11.9. The number of nitrogens with zero attached hydrogens (tertiary/aromatic N) is 3. The fourth-order valence-electron chi connectivity index (χ4n) is 2.15. The highest BCUT2D eigenvalue weighted by Crippen LogP contribution is 2.09. The average molecular weight is 293 g/mol. The number of urea groups is 1. The molecule has 0 aliphatic carbocycles. The second kappa shape index (κ2) is 6.87. The van der Waals surface area contributed by atoms with Crippen LogP contribution in [0.5, 0.6) is 0 Å². The van der Waals surface area contributed by atoms with E-state index in [1.165, 1.54) is 0 Å². The van der Waals surface area contributed by atoms with E-state index < -0.39 is 12.1 Å². The molecule has 1 fully saturated rings. The predicted molar refractivity (Wildman–Crippen MR) is 74.2 cm³/mol. The van der Waals surface area contributed by atoms with Crippen LogP contribution in [-0.4, -0.2) is 51.7 Å². The third-order valence-electron chi connectivity index (χ3n) is 3.17. The maximum atomic E-state index is 12.0. The van der Waals surface area contributed by atoms with Crippen molar-refractivity contribution in [2.75, 3.05) is 13.1 Å². The summed E-state index contributed by atoms with van der Waals surface area (Å²) < 4.78 is 1.70. The van der Waals surface area contributed by atoms with Gasteiger partial charge in [-0.25, -0.2) is 4.79 Å². The highest BCUT2D eigenvalue weighted by molar-refractivity contribution is 6.05. The van der Waals surface area contributed by atoms with Gasteiger partial charge in [0.05, 0.1) is 13.0 Å². The molecule has 8 nitrogen and oxygen atoms in total. The molecule has 0 saturated carbocycles. The van der Waals surface area contributed by atoms with Gasteiger partial charge in [0.1, 0.15) is 6.04 Å². The Labute approximate surface area is 122 Å². The molecule has 0 bridgehead atoms. The molecule has 0 spiro atoms. The summed E-state index contributed by atoms with van der Waals surface area (Å²) in [5.41, 5.74) is 0. The summed E-state index contributed by atoms with van der Waals surface area (Å²) in [6, 6.07) is 0.626. The molecule has 0 aromatic carbocycles. The minimum atomic E-state index is -0.756. The number of carbonyl (C=O) groups is 3. The number of hydrogen-bond donors (Lipinski definition) is 2. The molecular weight excluding hydrogens is 274 g/mol. The Balaban J connectivity index is 1.75. The molecule has 1 aliphatic heterocycles. The first-order valence-corrected chi connectivity index (χ1v) is 6.97. The zero-order valence-corrected chi connectivity index (χ0v) is 11.9. The quantitative estimate of drug-likeness (QED) is 0.676. The average Bonchev–Trinajstić information content (AvgIpc) is 3.04. The van der Waals surface area contributed by atoms with Gasteiger partial charge in [-0.15, -0.1) is 0 Å².